The third-order valence-electron chi connectivity index (χ3n) is 2.73. The van der Waals surface area contributed by atoms with E-state index in [1.807, 2.05) is 6.07 Å². The zero-order valence-electron chi connectivity index (χ0n) is 9.62. The zero-order chi connectivity index (χ0) is 13.4. The van der Waals surface area contributed by atoms with Gasteiger partial charge < -0.3 is 5.11 Å². The van der Waals surface area contributed by atoms with E-state index in [4.69, 9.17) is 11.6 Å². The van der Waals surface area contributed by atoms with Crippen molar-refractivity contribution in [1.29, 1.82) is 0 Å². The second kappa shape index (κ2) is 4.37. The van der Waals surface area contributed by atoms with Gasteiger partial charge in [0.15, 0.2) is 11.3 Å². The van der Waals surface area contributed by atoms with Gasteiger partial charge in [0, 0.05) is 16.7 Å². The van der Waals surface area contributed by atoms with Gasteiger partial charge in [-0.25, -0.2) is 14.3 Å². The molecule has 0 saturated carbocycles. The molecule has 2 heterocycles. The Labute approximate surface area is 113 Å². The number of carbonyl (C=O) groups is 1. The molecule has 0 atom stereocenters. The summed E-state index contributed by atoms with van der Waals surface area (Å²) in [5.74, 6) is -1.07. The van der Waals surface area contributed by atoms with Crippen molar-refractivity contribution in [3.8, 4) is 11.3 Å². The molecule has 1 aromatic carbocycles. The lowest BCUT2D eigenvalue weighted by Gasteiger charge is -2.06. The molecule has 3 rings (SSSR count). The summed E-state index contributed by atoms with van der Waals surface area (Å²) in [5.41, 5.74) is 1.71. The molecule has 0 unspecified atom stereocenters. The summed E-state index contributed by atoms with van der Waals surface area (Å²) in [7, 11) is 0. The molecule has 19 heavy (non-hydrogen) atoms. The van der Waals surface area contributed by atoms with Crippen LogP contribution in [0.4, 0.5) is 0 Å². The molecule has 3 aromatic rings. The standard InChI is InChI=1S/C13H8ClN3O2/c14-9-4-2-1-3-8(9)10-7-11(13(18)19)17-12(16-10)5-6-15-17/h1-7H,(H,18,19). The number of fused-ring (bicyclic) bond motifs is 1. The molecular weight excluding hydrogens is 266 g/mol. The van der Waals surface area contributed by atoms with Gasteiger partial charge in [0.25, 0.3) is 0 Å². The van der Waals surface area contributed by atoms with Crippen LogP contribution in [0.5, 0.6) is 0 Å². The van der Waals surface area contributed by atoms with Crippen molar-refractivity contribution in [1.82, 2.24) is 14.6 Å². The van der Waals surface area contributed by atoms with Gasteiger partial charge in [-0.3, -0.25) is 0 Å². The predicted octanol–water partition coefficient (Wildman–Crippen LogP) is 2.75. The van der Waals surface area contributed by atoms with Gasteiger partial charge in [0.05, 0.1) is 11.9 Å². The molecule has 0 amide bonds. The number of hydrogen-bond donors (Lipinski definition) is 1. The quantitative estimate of drug-likeness (QED) is 0.779. The molecular formula is C13H8ClN3O2. The molecule has 5 nitrogen and oxygen atoms in total. The monoisotopic (exact) mass is 273 g/mol. The summed E-state index contributed by atoms with van der Waals surface area (Å²) in [5, 5.41) is 13.7. The van der Waals surface area contributed by atoms with E-state index in [0.717, 1.165) is 0 Å². The van der Waals surface area contributed by atoms with E-state index in [9.17, 15) is 9.90 Å². The van der Waals surface area contributed by atoms with Crippen LogP contribution < -0.4 is 0 Å². The largest absolute Gasteiger partial charge is 0.477 e. The minimum Gasteiger partial charge on any atom is -0.477 e. The van der Waals surface area contributed by atoms with Gasteiger partial charge in [0.2, 0.25) is 0 Å². The van der Waals surface area contributed by atoms with Crippen molar-refractivity contribution in [2.24, 2.45) is 0 Å². The average molecular weight is 274 g/mol. The zero-order valence-corrected chi connectivity index (χ0v) is 10.4. The molecule has 0 aliphatic rings. The van der Waals surface area contributed by atoms with E-state index in [1.54, 1.807) is 24.3 Å². The highest BCUT2D eigenvalue weighted by Crippen LogP contribution is 2.27. The first kappa shape index (κ1) is 11.7. The van der Waals surface area contributed by atoms with Crippen LogP contribution in [-0.2, 0) is 0 Å². The molecule has 0 aliphatic carbocycles. The molecule has 0 bridgehead atoms. The Bertz CT molecular complexity index is 782. The lowest BCUT2D eigenvalue weighted by atomic mass is 10.1. The number of aromatic carboxylic acids is 1. The normalized spacial score (nSPS) is 10.8. The van der Waals surface area contributed by atoms with Crippen LogP contribution in [0.25, 0.3) is 16.9 Å². The first-order valence-electron chi connectivity index (χ1n) is 5.50. The van der Waals surface area contributed by atoms with E-state index in [2.05, 4.69) is 10.1 Å². The van der Waals surface area contributed by atoms with Gasteiger partial charge in [0.1, 0.15) is 0 Å². The Morgan fingerprint density at radius 3 is 2.79 bits per heavy atom. The smallest absolute Gasteiger partial charge is 0.354 e. The number of benzene rings is 1. The van der Waals surface area contributed by atoms with Gasteiger partial charge in [-0.1, -0.05) is 29.8 Å². The molecule has 94 valence electrons. The molecule has 0 aliphatic heterocycles. The Morgan fingerprint density at radius 1 is 1.26 bits per heavy atom. The van der Waals surface area contributed by atoms with Gasteiger partial charge in [-0.05, 0) is 12.1 Å². The Hall–Kier alpha value is -2.40. The number of nitrogens with zero attached hydrogens (tertiary/aromatic N) is 3. The van der Waals surface area contributed by atoms with Gasteiger partial charge >= 0.3 is 5.97 Å². The minimum atomic E-state index is -1.07. The van der Waals surface area contributed by atoms with Crippen molar-refractivity contribution in [3.05, 3.63) is 53.3 Å². The number of hydrogen-bond acceptors (Lipinski definition) is 3. The van der Waals surface area contributed by atoms with E-state index < -0.39 is 5.97 Å². The lowest BCUT2D eigenvalue weighted by Crippen LogP contribution is -2.08. The number of carboxylic acid groups (broad SMARTS) is 1. The van der Waals surface area contributed by atoms with Crippen LogP contribution in [0.3, 0.4) is 0 Å². The van der Waals surface area contributed by atoms with E-state index in [1.165, 1.54) is 16.8 Å². The van der Waals surface area contributed by atoms with Gasteiger partial charge in [-0.2, -0.15) is 5.10 Å². The molecule has 6 heteroatoms. The fourth-order valence-corrected chi connectivity index (χ4v) is 2.10. The third kappa shape index (κ3) is 1.94. The van der Waals surface area contributed by atoms with Crippen molar-refractivity contribution < 1.29 is 9.90 Å². The van der Waals surface area contributed by atoms with Crippen LogP contribution in [0.1, 0.15) is 10.5 Å². The van der Waals surface area contributed by atoms with Crippen LogP contribution >= 0.6 is 11.6 Å². The summed E-state index contributed by atoms with van der Waals surface area (Å²) in [4.78, 5) is 15.6. The lowest BCUT2D eigenvalue weighted by molar-refractivity contribution is 0.0687. The Balaban J connectivity index is 2.31. The summed E-state index contributed by atoms with van der Waals surface area (Å²) in [6.45, 7) is 0. The van der Waals surface area contributed by atoms with E-state index in [-0.39, 0.29) is 5.69 Å². The second-order valence-corrected chi connectivity index (χ2v) is 4.32. The number of aromatic nitrogens is 3. The topological polar surface area (TPSA) is 67.5 Å². The first-order valence-corrected chi connectivity index (χ1v) is 5.87. The average Bonchev–Trinajstić information content (AvgIpc) is 2.86. The molecule has 1 N–H and O–H groups in total. The summed E-state index contributed by atoms with van der Waals surface area (Å²) in [6.07, 6.45) is 1.51. The van der Waals surface area contributed by atoms with Crippen molar-refractivity contribution >= 4 is 23.2 Å². The summed E-state index contributed by atoms with van der Waals surface area (Å²) < 4.78 is 1.28. The number of carboxylic acids is 1. The second-order valence-electron chi connectivity index (χ2n) is 3.91. The van der Waals surface area contributed by atoms with Crippen LogP contribution in [0, 0.1) is 0 Å². The molecule has 0 saturated heterocycles. The van der Waals surface area contributed by atoms with Crippen molar-refractivity contribution in [2.45, 2.75) is 0 Å². The SMILES string of the molecule is O=C(O)c1cc(-c2ccccc2Cl)nc2ccnn12. The molecule has 2 aromatic heterocycles. The number of halogens is 1. The molecule has 0 radical (unpaired) electrons. The summed E-state index contributed by atoms with van der Waals surface area (Å²) in [6, 6.07) is 10.3. The van der Waals surface area contributed by atoms with E-state index in [0.29, 0.717) is 21.9 Å². The maximum atomic E-state index is 11.3. The Morgan fingerprint density at radius 2 is 2.05 bits per heavy atom. The van der Waals surface area contributed by atoms with Crippen LogP contribution in [0.15, 0.2) is 42.6 Å². The maximum absolute atomic E-state index is 11.3. The first-order chi connectivity index (χ1) is 9.16. The van der Waals surface area contributed by atoms with Crippen molar-refractivity contribution in [2.75, 3.05) is 0 Å². The molecule has 0 fully saturated rings. The fraction of sp³-hybridized carbons (Fsp3) is 0. The van der Waals surface area contributed by atoms with Gasteiger partial charge in [-0.15, -0.1) is 0 Å². The predicted molar refractivity (Wildman–Crippen MR) is 70.4 cm³/mol. The highest BCUT2D eigenvalue weighted by Gasteiger charge is 2.14. The third-order valence-corrected chi connectivity index (χ3v) is 3.06. The fourth-order valence-electron chi connectivity index (χ4n) is 1.87. The highest BCUT2D eigenvalue weighted by molar-refractivity contribution is 6.33. The van der Waals surface area contributed by atoms with Crippen LogP contribution in [-0.4, -0.2) is 25.7 Å². The van der Waals surface area contributed by atoms with E-state index >= 15 is 0 Å². The maximum Gasteiger partial charge on any atom is 0.354 e. The number of rotatable bonds is 2. The highest BCUT2D eigenvalue weighted by atomic mass is 35.5. The summed E-state index contributed by atoms with van der Waals surface area (Å²) >= 11 is 6.11. The Kier molecular flexibility index (Phi) is 2.68. The molecule has 0 spiro atoms. The van der Waals surface area contributed by atoms with Crippen LogP contribution in [0.2, 0.25) is 5.02 Å². The minimum absolute atomic E-state index is 0.0462. The van der Waals surface area contributed by atoms with Crippen molar-refractivity contribution in [3.63, 3.8) is 0 Å².